The summed E-state index contributed by atoms with van der Waals surface area (Å²) in [6.07, 6.45) is 1.01. The molecule has 3 aliphatic rings. The molecule has 3 heterocycles. The van der Waals surface area contributed by atoms with E-state index in [4.69, 9.17) is 0 Å². The minimum atomic E-state index is -1.64. The molecule has 1 unspecified atom stereocenters. The number of benzene rings is 2. The summed E-state index contributed by atoms with van der Waals surface area (Å²) in [4.78, 5) is 59.2. The van der Waals surface area contributed by atoms with Crippen LogP contribution in [0.4, 0.5) is 26.2 Å². The molecule has 11 heteroatoms. The van der Waals surface area contributed by atoms with Crippen LogP contribution in [0.25, 0.3) is 0 Å². The first-order chi connectivity index (χ1) is 18.2. The van der Waals surface area contributed by atoms with E-state index in [1.165, 1.54) is 34.1 Å². The van der Waals surface area contributed by atoms with E-state index in [0.29, 0.717) is 31.5 Å². The number of amides is 4. The van der Waals surface area contributed by atoms with Gasteiger partial charge in [-0.1, -0.05) is 13.8 Å². The lowest BCUT2D eigenvalue weighted by Crippen LogP contribution is -2.75. The molecule has 1 atom stereocenters. The van der Waals surface area contributed by atoms with E-state index in [1.807, 2.05) is 23.6 Å². The number of carbonyl (C=O) groups excluding carboxylic acids is 3. The van der Waals surface area contributed by atoms with Crippen LogP contribution in [0.3, 0.4) is 0 Å². The molecule has 3 aliphatic heterocycles. The lowest BCUT2D eigenvalue weighted by molar-refractivity contribution is -0.384. The van der Waals surface area contributed by atoms with Gasteiger partial charge in [0, 0.05) is 62.7 Å². The summed E-state index contributed by atoms with van der Waals surface area (Å²) in [5, 5.41) is 11.6. The highest BCUT2D eigenvalue weighted by molar-refractivity contribution is 6.20. The minimum Gasteiger partial charge on any atom is -0.368 e. The van der Waals surface area contributed by atoms with Gasteiger partial charge >= 0.3 is 6.03 Å². The SMILES string of the molecule is CCCN1C(=O)N(CCC)C(=O)C2(Cc3cc([N+](=O)[O-])ccc3N3CCN(c4ccc(F)cc4)CC32)C1=O. The number of urea groups is 1. The third-order valence-corrected chi connectivity index (χ3v) is 7.80. The van der Waals surface area contributed by atoms with E-state index in [-0.39, 0.29) is 37.6 Å². The Morgan fingerprint density at radius 3 is 2.18 bits per heavy atom. The van der Waals surface area contributed by atoms with Crippen molar-refractivity contribution in [1.82, 2.24) is 9.80 Å². The Labute approximate surface area is 219 Å². The molecule has 0 radical (unpaired) electrons. The number of nitro groups is 1. The molecule has 2 aromatic rings. The van der Waals surface area contributed by atoms with E-state index in [9.17, 15) is 28.9 Å². The average Bonchev–Trinajstić information content (AvgIpc) is 2.92. The number of rotatable bonds is 6. The van der Waals surface area contributed by atoms with Crippen LogP contribution >= 0.6 is 0 Å². The molecular formula is C27H30FN5O5. The van der Waals surface area contributed by atoms with Crippen molar-refractivity contribution < 1.29 is 23.7 Å². The van der Waals surface area contributed by atoms with E-state index >= 15 is 0 Å². The van der Waals surface area contributed by atoms with Crippen molar-refractivity contribution in [3.8, 4) is 0 Å². The van der Waals surface area contributed by atoms with Crippen molar-refractivity contribution in [3.63, 3.8) is 0 Å². The Kier molecular flexibility index (Phi) is 6.54. The third kappa shape index (κ3) is 3.88. The van der Waals surface area contributed by atoms with Crippen LogP contribution < -0.4 is 9.80 Å². The molecule has 4 amide bonds. The summed E-state index contributed by atoms with van der Waals surface area (Å²) in [7, 11) is 0. The largest absolute Gasteiger partial charge is 0.368 e. The van der Waals surface area contributed by atoms with Crippen LogP contribution in [0, 0.1) is 21.3 Å². The van der Waals surface area contributed by atoms with Gasteiger partial charge in [0.1, 0.15) is 5.82 Å². The number of piperazine rings is 1. The molecule has 200 valence electrons. The molecule has 38 heavy (non-hydrogen) atoms. The maximum Gasteiger partial charge on any atom is 0.333 e. The summed E-state index contributed by atoms with van der Waals surface area (Å²) in [6, 6.07) is 9.36. The van der Waals surface area contributed by atoms with Gasteiger partial charge in [-0.05, 0) is 48.7 Å². The number of nitrogens with zero attached hydrogens (tertiary/aromatic N) is 5. The van der Waals surface area contributed by atoms with Crippen molar-refractivity contribution in [2.75, 3.05) is 42.5 Å². The highest BCUT2D eigenvalue weighted by Crippen LogP contribution is 2.48. The van der Waals surface area contributed by atoms with E-state index in [0.717, 1.165) is 11.4 Å². The molecule has 0 saturated carbocycles. The molecule has 2 saturated heterocycles. The second kappa shape index (κ2) is 9.70. The lowest BCUT2D eigenvalue weighted by Gasteiger charge is -2.57. The Balaban J connectivity index is 1.67. The zero-order valence-corrected chi connectivity index (χ0v) is 21.4. The number of imide groups is 2. The van der Waals surface area contributed by atoms with E-state index in [2.05, 4.69) is 0 Å². The van der Waals surface area contributed by atoms with Crippen molar-refractivity contribution >= 4 is 34.9 Å². The molecule has 0 aliphatic carbocycles. The standard InChI is InChI=1S/C27H30FN5O5/c1-3-11-31-24(34)27(25(35)32(12-4-2)26(31)36)16-18-15-21(33(37)38)9-10-22(18)30-14-13-29(17-23(27)30)20-7-5-19(28)6-8-20/h5-10,15,23H,3-4,11-14,16-17H2,1-2H3. The van der Waals surface area contributed by atoms with Gasteiger partial charge in [0.25, 0.3) is 5.69 Å². The molecule has 5 rings (SSSR count). The second-order valence-corrected chi connectivity index (χ2v) is 10.0. The van der Waals surface area contributed by atoms with E-state index < -0.39 is 34.2 Å². The Bertz CT molecular complexity index is 1270. The first kappa shape index (κ1) is 25.6. The molecule has 2 fully saturated rings. The smallest absolute Gasteiger partial charge is 0.333 e. The van der Waals surface area contributed by atoms with Crippen LogP contribution in [0.1, 0.15) is 32.3 Å². The van der Waals surface area contributed by atoms with Crippen molar-refractivity contribution in [2.24, 2.45) is 5.41 Å². The number of barbiturate groups is 1. The molecule has 0 N–H and O–H groups in total. The maximum absolute atomic E-state index is 14.3. The monoisotopic (exact) mass is 523 g/mol. The lowest BCUT2D eigenvalue weighted by atomic mass is 9.67. The highest BCUT2D eigenvalue weighted by atomic mass is 19.1. The number of hydrogen-bond acceptors (Lipinski definition) is 7. The molecule has 0 aromatic heterocycles. The van der Waals surface area contributed by atoms with Crippen LogP contribution in [0.15, 0.2) is 42.5 Å². The van der Waals surface area contributed by atoms with Gasteiger partial charge in [0.2, 0.25) is 11.8 Å². The zero-order valence-electron chi connectivity index (χ0n) is 21.4. The molecular weight excluding hydrogens is 493 g/mol. The predicted octanol–water partition coefficient (Wildman–Crippen LogP) is 3.58. The normalized spacial score (nSPS) is 20.6. The van der Waals surface area contributed by atoms with Gasteiger partial charge < -0.3 is 9.80 Å². The average molecular weight is 524 g/mol. The predicted molar refractivity (Wildman–Crippen MR) is 138 cm³/mol. The summed E-state index contributed by atoms with van der Waals surface area (Å²) >= 11 is 0. The van der Waals surface area contributed by atoms with Gasteiger partial charge in [0.15, 0.2) is 5.41 Å². The fourth-order valence-electron chi connectivity index (χ4n) is 6.08. The molecule has 1 spiro atoms. The number of carbonyl (C=O) groups is 3. The molecule has 0 bridgehead atoms. The highest BCUT2D eigenvalue weighted by Gasteiger charge is 2.64. The summed E-state index contributed by atoms with van der Waals surface area (Å²) < 4.78 is 13.6. The Hall–Kier alpha value is -4.02. The fourth-order valence-corrected chi connectivity index (χ4v) is 6.08. The Morgan fingerprint density at radius 2 is 1.61 bits per heavy atom. The van der Waals surface area contributed by atoms with Crippen molar-refractivity contribution in [2.45, 2.75) is 39.2 Å². The van der Waals surface area contributed by atoms with Gasteiger partial charge in [-0.25, -0.2) is 9.18 Å². The summed E-state index contributed by atoms with van der Waals surface area (Å²) in [6.45, 7) is 5.31. The van der Waals surface area contributed by atoms with Crippen LogP contribution in [0.5, 0.6) is 0 Å². The van der Waals surface area contributed by atoms with Gasteiger partial charge in [-0.2, -0.15) is 0 Å². The topological polar surface area (TPSA) is 107 Å². The first-order valence-electron chi connectivity index (χ1n) is 12.9. The van der Waals surface area contributed by atoms with Crippen molar-refractivity contribution in [3.05, 3.63) is 64.0 Å². The molecule has 10 nitrogen and oxygen atoms in total. The minimum absolute atomic E-state index is 0.0478. The molecule has 2 aromatic carbocycles. The van der Waals surface area contributed by atoms with Crippen LogP contribution in [-0.2, 0) is 16.0 Å². The maximum atomic E-state index is 14.3. The number of fused-ring (bicyclic) bond motifs is 4. The van der Waals surface area contributed by atoms with Crippen LogP contribution in [0.2, 0.25) is 0 Å². The zero-order chi connectivity index (χ0) is 27.2. The quantitative estimate of drug-likeness (QED) is 0.324. The first-order valence-corrected chi connectivity index (χ1v) is 12.9. The number of halogens is 1. The summed E-state index contributed by atoms with van der Waals surface area (Å²) in [5.74, 6) is -1.48. The van der Waals surface area contributed by atoms with Gasteiger partial charge in [-0.3, -0.25) is 29.5 Å². The number of non-ortho nitro benzene ring substituents is 1. The second-order valence-electron chi connectivity index (χ2n) is 10.0. The number of anilines is 2. The van der Waals surface area contributed by atoms with Crippen LogP contribution in [-0.4, -0.2) is 71.3 Å². The van der Waals surface area contributed by atoms with Gasteiger partial charge in [0.05, 0.1) is 11.0 Å². The summed E-state index contributed by atoms with van der Waals surface area (Å²) in [5.41, 5.74) is 0.281. The fraction of sp³-hybridized carbons (Fsp3) is 0.444. The van der Waals surface area contributed by atoms with E-state index in [1.54, 1.807) is 18.2 Å². The third-order valence-electron chi connectivity index (χ3n) is 7.80. The Morgan fingerprint density at radius 1 is 0.974 bits per heavy atom. The number of hydrogen-bond donors (Lipinski definition) is 0. The number of nitro benzene ring substituents is 1. The van der Waals surface area contributed by atoms with Gasteiger partial charge in [-0.15, -0.1) is 0 Å². The van der Waals surface area contributed by atoms with Crippen molar-refractivity contribution in [1.29, 1.82) is 0 Å².